The molecular weight excluding hydrogens is 258 g/mol. The van der Waals surface area contributed by atoms with E-state index < -0.39 is 11.0 Å². The summed E-state index contributed by atoms with van der Waals surface area (Å²) >= 11 is 0. The van der Waals surface area contributed by atoms with E-state index in [4.69, 9.17) is 0 Å². The summed E-state index contributed by atoms with van der Waals surface area (Å²) < 4.78 is 14.4. The number of carbonyl (C=O) groups excluding carboxylic acids is 1. The molecule has 1 N–H and O–H groups in total. The summed E-state index contributed by atoms with van der Waals surface area (Å²) in [5.74, 6) is -0.0267. The fourth-order valence-electron chi connectivity index (χ4n) is 1.99. The van der Waals surface area contributed by atoms with Crippen molar-refractivity contribution >= 4 is 22.8 Å². The molecule has 0 saturated heterocycles. The lowest BCUT2D eigenvalue weighted by molar-refractivity contribution is 0.103. The summed E-state index contributed by atoms with van der Waals surface area (Å²) in [6, 6.07) is 14.4. The minimum atomic E-state index is -1.23. The molecule has 3 rings (SSSR count). The zero-order valence-corrected chi connectivity index (χ0v) is 10.8. The third-order valence-electron chi connectivity index (χ3n) is 2.95. The van der Waals surface area contributed by atoms with E-state index in [1.54, 1.807) is 36.5 Å². The second-order valence-electron chi connectivity index (χ2n) is 4.17. The summed E-state index contributed by atoms with van der Waals surface area (Å²) in [4.78, 5) is 13.0. The van der Waals surface area contributed by atoms with Crippen molar-refractivity contribution in [1.82, 2.24) is 4.72 Å². The van der Waals surface area contributed by atoms with Gasteiger partial charge in [-0.25, -0.2) is 4.21 Å². The Bertz CT molecular complexity index is 693. The molecule has 3 nitrogen and oxygen atoms in total. The van der Waals surface area contributed by atoms with Crippen LogP contribution in [-0.4, -0.2) is 9.99 Å². The van der Waals surface area contributed by atoms with Gasteiger partial charge in [-0.2, -0.15) is 0 Å². The van der Waals surface area contributed by atoms with Gasteiger partial charge >= 0.3 is 0 Å². The Labute approximate surface area is 113 Å². The van der Waals surface area contributed by atoms with Crippen LogP contribution in [-0.2, 0) is 11.0 Å². The van der Waals surface area contributed by atoms with E-state index in [1.165, 1.54) is 0 Å². The van der Waals surface area contributed by atoms with E-state index in [9.17, 15) is 9.00 Å². The third kappa shape index (κ3) is 2.22. The van der Waals surface area contributed by atoms with Gasteiger partial charge in [-0.1, -0.05) is 30.3 Å². The van der Waals surface area contributed by atoms with Crippen LogP contribution in [0.5, 0.6) is 0 Å². The van der Waals surface area contributed by atoms with Crippen molar-refractivity contribution in [2.45, 2.75) is 4.90 Å². The molecule has 1 aliphatic heterocycles. The molecule has 1 aliphatic rings. The van der Waals surface area contributed by atoms with Crippen LogP contribution in [0.2, 0.25) is 0 Å². The lowest BCUT2D eigenvalue weighted by atomic mass is 10.0. The number of carbonyl (C=O) groups is 1. The molecule has 1 atom stereocenters. The molecule has 0 fully saturated rings. The fourth-order valence-corrected chi connectivity index (χ4v) is 2.85. The van der Waals surface area contributed by atoms with Crippen LogP contribution in [0.3, 0.4) is 0 Å². The van der Waals surface area contributed by atoms with Crippen LogP contribution in [0.25, 0.3) is 6.08 Å². The molecule has 1 unspecified atom stereocenters. The Morgan fingerprint density at radius 2 is 1.79 bits per heavy atom. The highest BCUT2D eigenvalue weighted by molar-refractivity contribution is 7.83. The van der Waals surface area contributed by atoms with E-state index in [1.807, 2.05) is 24.3 Å². The zero-order chi connectivity index (χ0) is 13.2. The van der Waals surface area contributed by atoms with Gasteiger partial charge in [0.25, 0.3) is 0 Å². The molecule has 0 spiro atoms. The number of benzene rings is 2. The highest BCUT2D eigenvalue weighted by Crippen LogP contribution is 2.21. The van der Waals surface area contributed by atoms with Crippen molar-refractivity contribution < 1.29 is 9.00 Å². The van der Waals surface area contributed by atoms with Gasteiger partial charge in [-0.3, -0.25) is 4.79 Å². The standard InChI is InChI=1S/C15H11NO2S/c17-15(11-4-2-1-3-5-11)13-6-7-14-12(10-13)8-9-16-19(14)18/h1-10,16H. The predicted molar refractivity (Wildman–Crippen MR) is 74.9 cm³/mol. The summed E-state index contributed by atoms with van der Waals surface area (Å²) in [5, 5.41) is 0. The minimum absolute atomic E-state index is 0.0267. The number of nitrogens with one attached hydrogen (secondary N) is 1. The number of ketones is 1. The largest absolute Gasteiger partial charge is 0.308 e. The molecule has 2 aromatic rings. The van der Waals surface area contributed by atoms with E-state index in [0.29, 0.717) is 16.0 Å². The molecule has 19 heavy (non-hydrogen) atoms. The monoisotopic (exact) mass is 269 g/mol. The SMILES string of the molecule is O=C(c1ccccc1)c1ccc2c(c1)C=CNS2=O. The lowest BCUT2D eigenvalue weighted by Crippen LogP contribution is -2.15. The second kappa shape index (κ2) is 4.82. The third-order valence-corrected chi connectivity index (χ3v) is 4.07. The average Bonchev–Trinajstić information content (AvgIpc) is 2.47. The number of hydrogen-bond donors (Lipinski definition) is 1. The van der Waals surface area contributed by atoms with Crippen molar-refractivity contribution in [2.24, 2.45) is 0 Å². The molecule has 94 valence electrons. The molecule has 0 bridgehead atoms. The quantitative estimate of drug-likeness (QED) is 0.851. The van der Waals surface area contributed by atoms with E-state index in [0.717, 1.165) is 5.56 Å². The number of fused-ring (bicyclic) bond motifs is 1. The van der Waals surface area contributed by atoms with Crippen molar-refractivity contribution in [3.63, 3.8) is 0 Å². The first-order valence-corrected chi connectivity index (χ1v) is 6.99. The molecule has 2 aromatic carbocycles. The molecule has 4 heteroatoms. The Morgan fingerprint density at radius 1 is 1.00 bits per heavy atom. The van der Waals surface area contributed by atoms with Gasteiger partial charge < -0.3 is 4.72 Å². The summed E-state index contributed by atoms with van der Waals surface area (Å²) in [6.45, 7) is 0. The normalized spacial score (nSPS) is 16.5. The van der Waals surface area contributed by atoms with Crippen LogP contribution < -0.4 is 4.72 Å². The molecule has 1 heterocycles. The van der Waals surface area contributed by atoms with Gasteiger partial charge in [-0.15, -0.1) is 0 Å². The maximum Gasteiger partial charge on any atom is 0.193 e. The zero-order valence-electron chi connectivity index (χ0n) is 10.00. The van der Waals surface area contributed by atoms with Gasteiger partial charge in [0.1, 0.15) is 11.0 Å². The van der Waals surface area contributed by atoms with Crippen LogP contribution in [0, 0.1) is 0 Å². The lowest BCUT2D eigenvalue weighted by Gasteiger charge is -2.12. The Hall–Kier alpha value is -2.20. The number of rotatable bonds is 2. The van der Waals surface area contributed by atoms with Crippen molar-refractivity contribution in [2.75, 3.05) is 0 Å². The first-order chi connectivity index (χ1) is 9.25. The Morgan fingerprint density at radius 3 is 2.58 bits per heavy atom. The van der Waals surface area contributed by atoms with Gasteiger partial charge in [-0.05, 0) is 29.8 Å². The average molecular weight is 269 g/mol. The van der Waals surface area contributed by atoms with Crippen LogP contribution >= 0.6 is 0 Å². The first-order valence-electron chi connectivity index (χ1n) is 5.84. The predicted octanol–water partition coefficient (Wildman–Crippen LogP) is 2.51. The van der Waals surface area contributed by atoms with E-state index >= 15 is 0 Å². The number of hydrogen-bond acceptors (Lipinski definition) is 2. The van der Waals surface area contributed by atoms with Crippen LogP contribution in [0.4, 0.5) is 0 Å². The summed E-state index contributed by atoms with van der Waals surface area (Å²) in [7, 11) is -1.23. The molecule has 0 aromatic heterocycles. The molecule has 0 radical (unpaired) electrons. The van der Waals surface area contributed by atoms with Gasteiger partial charge in [0.15, 0.2) is 5.78 Å². The molecule has 0 aliphatic carbocycles. The highest BCUT2D eigenvalue weighted by atomic mass is 32.2. The molecular formula is C15H11NO2S. The summed E-state index contributed by atoms with van der Waals surface area (Å²) in [6.07, 6.45) is 3.45. The summed E-state index contributed by atoms with van der Waals surface area (Å²) in [5.41, 5.74) is 2.08. The molecule has 0 amide bonds. The smallest absolute Gasteiger partial charge is 0.193 e. The van der Waals surface area contributed by atoms with Crippen molar-refractivity contribution in [1.29, 1.82) is 0 Å². The first kappa shape index (κ1) is 11.9. The van der Waals surface area contributed by atoms with Crippen molar-refractivity contribution in [3.05, 3.63) is 71.4 Å². The van der Waals surface area contributed by atoms with E-state index in [-0.39, 0.29) is 5.78 Å². The molecule has 0 saturated carbocycles. The van der Waals surface area contributed by atoms with Crippen molar-refractivity contribution in [3.8, 4) is 0 Å². The van der Waals surface area contributed by atoms with Crippen LogP contribution in [0.15, 0.2) is 59.6 Å². The highest BCUT2D eigenvalue weighted by Gasteiger charge is 2.15. The maximum absolute atomic E-state index is 12.3. The van der Waals surface area contributed by atoms with Gasteiger partial charge in [0.2, 0.25) is 0 Å². The Kier molecular flexibility index (Phi) is 3.01. The van der Waals surface area contributed by atoms with Gasteiger partial charge in [0, 0.05) is 17.3 Å². The van der Waals surface area contributed by atoms with E-state index in [2.05, 4.69) is 4.72 Å². The Balaban J connectivity index is 2.02. The second-order valence-corrected chi connectivity index (χ2v) is 5.38. The maximum atomic E-state index is 12.3. The minimum Gasteiger partial charge on any atom is -0.308 e. The van der Waals surface area contributed by atoms with Crippen LogP contribution in [0.1, 0.15) is 21.5 Å². The fraction of sp³-hybridized carbons (Fsp3) is 0. The topological polar surface area (TPSA) is 46.2 Å². The van der Waals surface area contributed by atoms with Gasteiger partial charge in [0.05, 0.1) is 4.90 Å².